The Morgan fingerprint density at radius 1 is 1.14 bits per heavy atom. The van der Waals surface area contributed by atoms with Gasteiger partial charge in [0, 0.05) is 24.7 Å². The summed E-state index contributed by atoms with van der Waals surface area (Å²) in [6.45, 7) is 3.87. The molecule has 0 amide bonds. The number of benzene rings is 1. The topological polar surface area (TPSA) is 84.2 Å². The van der Waals surface area contributed by atoms with Crippen LogP contribution in [0, 0.1) is 0 Å². The number of hydrogen-bond donors (Lipinski definition) is 2. The summed E-state index contributed by atoms with van der Waals surface area (Å²) >= 11 is 0. The molecule has 8 heteroatoms. The molecule has 0 bridgehead atoms. The van der Waals surface area contributed by atoms with Crippen LogP contribution in [0.4, 0.5) is 0 Å². The van der Waals surface area contributed by atoms with Gasteiger partial charge < -0.3 is 9.84 Å². The van der Waals surface area contributed by atoms with E-state index < -0.39 is 10.0 Å². The minimum absolute atomic E-state index is 0. The third-order valence-corrected chi connectivity index (χ3v) is 4.42. The molecule has 0 aliphatic rings. The Morgan fingerprint density at radius 3 is 2.59 bits per heavy atom. The molecule has 0 spiro atoms. The molecular weight excluding hydrogens is 326 g/mol. The van der Waals surface area contributed by atoms with Gasteiger partial charge >= 0.3 is 0 Å². The summed E-state index contributed by atoms with van der Waals surface area (Å²) in [4.78, 5) is 0.192. The van der Waals surface area contributed by atoms with Crippen LogP contribution in [0.25, 0.3) is 11.3 Å². The molecule has 2 aromatic rings. The Labute approximate surface area is 136 Å². The Morgan fingerprint density at radius 2 is 1.91 bits per heavy atom. The van der Waals surface area contributed by atoms with Gasteiger partial charge in [-0.15, -0.1) is 12.4 Å². The molecule has 2 rings (SSSR count). The summed E-state index contributed by atoms with van der Waals surface area (Å²) in [7, 11) is -3.58. The first-order chi connectivity index (χ1) is 10.1. The molecule has 0 aliphatic carbocycles. The zero-order valence-electron chi connectivity index (χ0n) is 12.3. The van der Waals surface area contributed by atoms with Crippen LogP contribution < -0.4 is 10.0 Å². The molecule has 0 fully saturated rings. The standard InChI is InChI=1S/C14H19N3O3S.ClH/c1-2-8-15-10-11-17-21(18,19)14-6-4-3-5-12(14)13-7-9-16-20-13;/h3-7,9,15,17H,2,8,10-11H2,1H3;1H. The second-order valence-electron chi connectivity index (χ2n) is 4.52. The summed E-state index contributed by atoms with van der Waals surface area (Å²) in [5, 5.41) is 6.76. The highest BCUT2D eigenvalue weighted by Crippen LogP contribution is 2.26. The van der Waals surface area contributed by atoms with Gasteiger partial charge in [0.05, 0.1) is 11.1 Å². The van der Waals surface area contributed by atoms with E-state index in [1.807, 2.05) is 0 Å². The molecule has 0 unspecified atom stereocenters. The lowest BCUT2D eigenvalue weighted by molar-refractivity contribution is 0.431. The molecule has 122 valence electrons. The van der Waals surface area contributed by atoms with Crippen molar-refractivity contribution in [3.63, 3.8) is 0 Å². The first kappa shape index (κ1) is 18.6. The summed E-state index contributed by atoms with van der Waals surface area (Å²) < 4.78 is 32.4. The summed E-state index contributed by atoms with van der Waals surface area (Å²) in [5.41, 5.74) is 0.504. The average molecular weight is 346 g/mol. The van der Waals surface area contributed by atoms with E-state index in [1.165, 1.54) is 6.20 Å². The van der Waals surface area contributed by atoms with E-state index >= 15 is 0 Å². The van der Waals surface area contributed by atoms with Gasteiger partial charge in [0.25, 0.3) is 0 Å². The van der Waals surface area contributed by atoms with Crippen LogP contribution in [0.15, 0.2) is 45.9 Å². The van der Waals surface area contributed by atoms with Crippen molar-refractivity contribution < 1.29 is 12.9 Å². The van der Waals surface area contributed by atoms with E-state index in [2.05, 4.69) is 22.1 Å². The van der Waals surface area contributed by atoms with Crippen LogP contribution in [-0.2, 0) is 10.0 Å². The Balaban J connectivity index is 0.00000242. The van der Waals surface area contributed by atoms with Crippen molar-refractivity contribution in [2.24, 2.45) is 0 Å². The minimum atomic E-state index is -3.58. The SMILES string of the molecule is CCCNCCNS(=O)(=O)c1ccccc1-c1ccno1.Cl. The molecule has 0 saturated carbocycles. The predicted octanol–water partition coefficient (Wildman–Crippen LogP) is 2.04. The number of nitrogens with one attached hydrogen (secondary N) is 2. The lowest BCUT2D eigenvalue weighted by atomic mass is 10.2. The highest BCUT2D eigenvalue weighted by molar-refractivity contribution is 7.89. The van der Waals surface area contributed by atoms with Crippen LogP contribution in [0.5, 0.6) is 0 Å². The van der Waals surface area contributed by atoms with Gasteiger partial charge in [0.1, 0.15) is 0 Å². The molecule has 22 heavy (non-hydrogen) atoms. The third kappa shape index (κ3) is 4.81. The Bertz CT molecular complexity index is 660. The largest absolute Gasteiger partial charge is 0.356 e. The van der Waals surface area contributed by atoms with Gasteiger partial charge in [-0.3, -0.25) is 0 Å². The van der Waals surface area contributed by atoms with Crippen molar-refractivity contribution in [2.45, 2.75) is 18.2 Å². The van der Waals surface area contributed by atoms with E-state index in [0.717, 1.165) is 13.0 Å². The van der Waals surface area contributed by atoms with E-state index in [-0.39, 0.29) is 17.3 Å². The number of rotatable bonds is 8. The Hall–Kier alpha value is -1.41. The normalized spacial score (nSPS) is 11.1. The first-order valence-corrected chi connectivity index (χ1v) is 8.34. The van der Waals surface area contributed by atoms with Crippen molar-refractivity contribution in [1.29, 1.82) is 0 Å². The molecule has 0 atom stereocenters. The molecular formula is C14H20ClN3O3S. The maximum atomic E-state index is 12.4. The summed E-state index contributed by atoms with van der Waals surface area (Å²) in [6, 6.07) is 8.34. The second kappa shape index (κ2) is 8.89. The molecule has 1 aromatic heterocycles. The highest BCUT2D eigenvalue weighted by atomic mass is 35.5. The van der Waals surface area contributed by atoms with Crippen LogP contribution >= 0.6 is 12.4 Å². The molecule has 1 heterocycles. The van der Waals surface area contributed by atoms with Crippen LogP contribution in [-0.4, -0.2) is 33.2 Å². The quantitative estimate of drug-likeness (QED) is 0.715. The molecule has 0 saturated heterocycles. The average Bonchev–Trinajstić information content (AvgIpc) is 3.01. The number of sulfonamides is 1. The van der Waals surface area contributed by atoms with Gasteiger partial charge in [0.2, 0.25) is 10.0 Å². The van der Waals surface area contributed by atoms with Gasteiger partial charge in [-0.25, -0.2) is 13.1 Å². The summed E-state index contributed by atoms with van der Waals surface area (Å²) in [5.74, 6) is 0.431. The monoisotopic (exact) mass is 345 g/mol. The van der Waals surface area contributed by atoms with Crippen molar-refractivity contribution >= 4 is 22.4 Å². The fourth-order valence-corrected chi connectivity index (χ4v) is 3.15. The maximum Gasteiger partial charge on any atom is 0.241 e. The molecule has 0 aliphatic heterocycles. The predicted molar refractivity (Wildman–Crippen MR) is 87.5 cm³/mol. The van der Waals surface area contributed by atoms with Crippen LogP contribution in [0.3, 0.4) is 0 Å². The summed E-state index contributed by atoms with van der Waals surface area (Å²) in [6.07, 6.45) is 2.50. The minimum Gasteiger partial charge on any atom is -0.356 e. The highest BCUT2D eigenvalue weighted by Gasteiger charge is 2.20. The second-order valence-corrected chi connectivity index (χ2v) is 6.26. The van der Waals surface area contributed by atoms with E-state index in [9.17, 15) is 8.42 Å². The fourth-order valence-electron chi connectivity index (χ4n) is 1.91. The zero-order chi connectivity index (χ0) is 15.1. The molecule has 6 nitrogen and oxygen atoms in total. The first-order valence-electron chi connectivity index (χ1n) is 6.85. The van der Waals surface area contributed by atoms with E-state index in [0.29, 0.717) is 24.4 Å². The van der Waals surface area contributed by atoms with Gasteiger partial charge in [-0.2, -0.15) is 0 Å². The van der Waals surface area contributed by atoms with E-state index in [4.69, 9.17) is 4.52 Å². The van der Waals surface area contributed by atoms with Crippen LogP contribution in [0.2, 0.25) is 0 Å². The molecule has 2 N–H and O–H groups in total. The number of halogens is 1. The van der Waals surface area contributed by atoms with E-state index in [1.54, 1.807) is 30.3 Å². The number of aromatic nitrogens is 1. The lowest BCUT2D eigenvalue weighted by Crippen LogP contribution is -2.32. The zero-order valence-corrected chi connectivity index (χ0v) is 13.9. The van der Waals surface area contributed by atoms with Gasteiger partial charge in [-0.1, -0.05) is 24.2 Å². The Kier molecular flexibility index (Phi) is 7.53. The van der Waals surface area contributed by atoms with Gasteiger partial charge in [-0.05, 0) is 25.1 Å². The number of hydrogen-bond acceptors (Lipinski definition) is 5. The maximum absolute atomic E-state index is 12.4. The molecule has 0 radical (unpaired) electrons. The fraction of sp³-hybridized carbons (Fsp3) is 0.357. The third-order valence-electron chi connectivity index (χ3n) is 2.90. The van der Waals surface area contributed by atoms with Crippen molar-refractivity contribution in [3.8, 4) is 11.3 Å². The van der Waals surface area contributed by atoms with Crippen LogP contribution in [0.1, 0.15) is 13.3 Å². The van der Waals surface area contributed by atoms with Crippen molar-refractivity contribution in [2.75, 3.05) is 19.6 Å². The van der Waals surface area contributed by atoms with Crippen molar-refractivity contribution in [3.05, 3.63) is 36.5 Å². The molecule has 1 aromatic carbocycles. The van der Waals surface area contributed by atoms with Crippen molar-refractivity contribution in [1.82, 2.24) is 15.2 Å². The number of nitrogens with zero attached hydrogens (tertiary/aromatic N) is 1. The van der Waals surface area contributed by atoms with Gasteiger partial charge in [0.15, 0.2) is 5.76 Å². The lowest BCUT2D eigenvalue weighted by Gasteiger charge is -2.10. The smallest absolute Gasteiger partial charge is 0.241 e.